The Balaban J connectivity index is 1.74. The number of H-pyrrole nitrogens is 1. The van der Waals surface area contributed by atoms with Gasteiger partial charge in [-0.3, -0.25) is 4.79 Å². The van der Waals surface area contributed by atoms with Crippen LogP contribution in [-0.4, -0.2) is 9.97 Å². The molecule has 0 saturated carbocycles. The summed E-state index contributed by atoms with van der Waals surface area (Å²) in [5.74, 6) is -0.936. The standard InChI is InChI=1S/C20H13F4N3O/c21-17-5-1-4-16(20(22,23)24)15(17)10-26-11-6-7-13-14(9-11)12-3-2-8-25-18(12)27-19(13)28/h1-9,26H,10H2,(H,25,27,28). The van der Waals surface area contributed by atoms with Gasteiger partial charge in [-0.1, -0.05) is 6.07 Å². The molecule has 8 heteroatoms. The molecule has 2 aromatic carbocycles. The van der Waals surface area contributed by atoms with Gasteiger partial charge in [-0.15, -0.1) is 0 Å². The van der Waals surface area contributed by atoms with E-state index in [2.05, 4.69) is 15.3 Å². The molecule has 4 rings (SSSR count). The van der Waals surface area contributed by atoms with E-state index in [1.165, 1.54) is 0 Å². The first-order valence-electron chi connectivity index (χ1n) is 8.34. The minimum atomic E-state index is -4.66. The highest BCUT2D eigenvalue weighted by molar-refractivity contribution is 6.05. The Morgan fingerprint density at radius 2 is 1.82 bits per heavy atom. The maximum Gasteiger partial charge on any atom is 0.416 e. The SMILES string of the molecule is O=c1[nH]c2ncccc2c2cc(NCc3c(F)cccc3C(F)(F)F)ccc12. The number of alkyl halides is 3. The number of benzene rings is 2. The lowest BCUT2D eigenvalue weighted by atomic mass is 10.1. The number of anilines is 1. The fraction of sp³-hybridized carbons (Fsp3) is 0.100. The van der Waals surface area contributed by atoms with E-state index < -0.39 is 23.1 Å². The second-order valence-corrected chi connectivity index (χ2v) is 6.23. The van der Waals surface area contributed by atoms with Crippen LogP contribution in [0.15, 0.2) is 59.5 Å². The average molecular weight is 387 g/mol. The van der Waals surface area contributed by atoms with Crippen molar-refractivity contribution in [1.29, 1.82) is 0 Å². The van der Waals surface area contributed by atoms with E-state index >= 15 is 0 Å². The first-order chi connectivity index (χ1) is 13.3. The zero-order chi connectivity index (χ0) is 19.9. The Bertz CT molecular complexity index is 1250. The molecule has 2 aromatic heterocycles. The normalized spacial score (nSPS) is 11.9. The fourth-order valence-electron chi connectivity index (χ4n) is 3.17. The summed E-state index contributed by atoms with van der Waals surface area (Å²) in [4.78, 5) is 19.0. The molecular formula is C20H13F4N3O. The Kier molecular flexibility index (Phi) is 4.26. The summed E-state index contributed by atoms with van der Waals surface area (Å²) in [6.07, 6.45) is -3.11. The molecule has 0 radical (unpaired) electrons. The predicted octanol–water partition coefficient (Wildman–Crippen LogP) is 4.85. The maximum absolute atomic E-state index is 14.0. The van der Waals surface area contributed by atoms with Gasteiger partial charge in [-0.2, -0.15) is 13.2 Å². The van der Waals surface area contributed by atoms with Crippen LogP contribution in [0.1, 0.15) is 11.1 Å². The van der Waals surface area contributed by atoms with Gasteiger partial charge in [0, 0.05) is 40.2 Å². The second kappa shape index (κ2) is 6.63. The predicted molar refractivity (Wildman–Crippen MR) is 98.6 cm³/mol. The molecule has 4 aromatic rings. The van der Waals surface area contributed by atoms with Crippen molar-refractivity contribution in [2.45, 2.75) is 12.7 Å². The molecule has 2 N–H and O–H groups in total. The molecule has 0 atom stereocenters. The molecule has 142 valence electrons. The molecular weight excluding hydrogens is 374 g/mol. The van der Waals surface area contributed by atoms with Crippen LogP contribution in [0.25, 0.3) is 21.8 Å². The van der Waals surface area contributed by atoms with E-state index in [1.54, 1.807) is 36.5 Å². The van der Waals surface area contributed by atoms with Crippen LogP contribution in [0.2, 0.25) is 0 Å². The molecule has 0 aliphatic heterocycles. The number of hydrogen-bond donors (Lipinski definition) is 2. The molecule has 0 aliphatic rings. The summed E-state index contributed by atoms with van der Waals surface area (Å²) < 4.78 is 53.4. The van der Waals surface area contributed by atoms with Gasteiger partial charge in [0.1, 0.15) is 11.5 Å². The van der Waals surface area contributed by atoms with Gasteiger partial charge in [-0.05, 0) is 42.5 Å². The van der Waals surface area contributed by atoms with Crippen molar-refractivity contribution in [1.82, 2.24) is 9.97 Å². The molecule has 0 unspecified atom stereocenters. The van der Waals surface area contributed by atoms with E-state index in [-0.39, 0.29) is 12.1 Å². The highest BCUT2D eigenvalue weighted by Crippen LogP contribution is 2.33. The number of nitrogens with one attached hydrogen (secondary N) is 2. The molecule has 0 spiro atoms. The van der Waals surface area contributed by atoms with Gasteiger partial charge in [-0.25, -0.2) is 9.37 Å². The second-order valence-electron chi connectivity index (χ2n) is 6.23. The number of hydrogen-bond acceptors (Lipinski definition) is 3. The van der Waals surface area contributed by atoms with Crippen LogP contribution in [0.3, 0.4) is 0 Å². The Morgan fingerprint density at radius 3 is 2.61 bits per heavy atom. The number of aromatic nitrogens is 2. The summed E-state index contributed by atoms with van der Waals surface area (Å²) in [6.45, 7) is -0.355. The smallest absolute Gasteiger partial charge is 0.381 e. The third-order valence-electron chi connectivity index (χ3n) is 4.49. The molecule has 0 aliphatic carbocycles. The van der Waals surface area contributed by atoms with Gasteiger partial charge in [0.05, 0.1) is 5.56 Å². The maximum atomic E-state index is 14.0. The van der Waals surface area contributed by atoms with Gasteiger partial charge < -0.3 is 10.3 Å². The average Bonchev–Trinajstić information content (AvgIpc) is 2.66. The van der Waals surface area contributed by atoms with Crippen molar-refractivity contribution < 1.29 is 17.6 Å². The number of aromatic amines is 1. The van der Waals surface area contributed by atoms with Crippen LogP contribution in [-0.2, 0) is 12.7 Å². The molecule has 2 heterocycles. The molecule has 0 saturated heterocycles. The van der Waals surface area contributed by atoms with Crippen LogP contribution < -0.4 is 10.9 Å². The topological polar surface area (TPSA) is 57.8 Å². The number of pyridine rings is 2. The Labute approximate surface area is 155 Å². The van der Waals surface area contributed by atoms with E-state index in [0.717, 1.165) is 18.2 Å². The third-order valence-corrected chi connectivity index (χ3v) is 4.49. The van der Waals surface area contributed by atoms with Crippen LogP contribution in [0.4, 0.5) is 23.2 Å². The Morgan fingerprint density at radius 1 is 1.00 bits per heavy atom. The van der Waals surface area contributed by atoms with E-state index in [1.807, 2.05) is 0 Å². The van der Waals surface area contributed by atoms with Crippen LogP contribution >= 0.6 is 0 Å². The van der Waals surface area contributed by atoms with Crippen LogP contribution in [0.5, 0.6) is 0 Å². The molecule has 4 nitrogen and oxygen atoms in total. The lowest BCUT2D eigenvalue weighted by molar-refractivity contribution is -0.138. The van der Waals surface area contributed by atoms with Crippen molar-refractivity contribution in [2.75, 3.05) is 5.32 Å². The third kappa shape index (κ3) is 3.17. The van der Waals surface area contributed by atoms with Crippen molar-refractivity contribution >= 4 is 27.5 Å². The van der Waals surface area contributed by atoms with Gasteiger partial charge in [0.2, 0.25) is 0 Å². The summed E-state index contributed by atoms with van der Waals surface area (Å²) >= 11 is 0. The lowest BCUT2D eigenvalue weighted by Gasteiger charge is -2.15. The minimum absolute atomic E-state index is 0.318. The van der Waals surface area contributed by atoms with Crippen molar-refractivity contribution in [3.8, 4) is 0 Å². The van der Waals surface area contributed by atoms with Crippen LogP contribution in [0, 0.1) is 5.82 Å². The largest absolute Gasteiger partial charge is 0.416 e. The van der Waals surface area contributed by atoms with E-state index in [0.29, 0.717) is 27.5 Å². The van der Waals surface area contributed by atoms with Gasteiger partial charge >= 0.3 is 6.18 Å². The fourth-order valence-corrected chi connectivity index (χ4v) is 3.17. The van der Waals surface area contributed by atoms with Crippen molar-refractivity contribution in [2.24, 2.45) is 0 Å². The lowest BCUT2D eigenvalue weighted by Crippen LogP contribution is -2.14. The van der Waals surface area contributed by atoms with Gasteiger partial charge in [0.15, 0.2) is 0 Å². The number of rotatable bonds is 3. The number of fused-ring (bicyclic) bond motifs is 3. The first-order valence-corrected chi connectivity index (χ1v) is 8.34. The van der Waals surface area contributed by atoms with Crippen molar-refractivity contribution in [3.63, 3.8) is 0 Å². The molecule has 0 bridgehead atoms. The van der Waals surface area contributed by atoms with Crippen molar-refractivity contribution in [3.05, 3.63) is 82.0 Å². The van der Waals surface area contributed by atoms with Gasteiger partial charge in [0.25, 0.3) is 5.56 Å². The summed E-state index contributed by atoms with van der Waals surface area (Å²) in [7, 11) is 0. The summed E-state index contributed by atoms with van der Waals surface area (Å²) in [6, 6.07) is 11.1. The highest BCUT2D eigenvalue weighted by atomic mass is 19.4. The highest BCUT2D eigenvalue weighted by Gasteiger charge is 2.34. The van der Waals surface area contributed by atoms with E-state index in [4.69, 9.17) is 0 Å². The molecule has 0 fully saturated rings. The number of nitrogens with zero attached hydrogens (tertiary/aromatic N) is 1. The quantitative estimate of drug-likeness (QED) is 0.390. The Hall–Kier alpha value is -3.42. The zero-order valence-corrected chi connectivity index (χ0v) is 14.3. The molecule has 0 amide bonds. The molecule has 28 heavy (non-hydrogen) atoms. The summed E-state index contributed by atoms with van der Waals surface area (Å²) in [5.41, 5.74) is -0.939. The number of halogens is 4. The monoisotopic (exact) mass is 387 g/mol. The first kappa shape index (κ1) is 18.0. The summed E-state index contributed by atoms with van der Waals surface area (Å²) in [5, 5.41) is 4.54. The van der Waals surface area contributed by atoms with E-state index in [9.17, 15) is 22.4 Å². The minimum Gasteiger partial charge on any atom is -0.381 e. The zero-order valence-electron chi connectivity index (χ0n) is 14.3.